The van der Waals surface area contributed by atoms with E-state index in [9.17, 15) is 0 Å². The van der Waals surface area contributed by atoms with Crippen LogP contribution in [0.4, 0.5) is 0 Å². The van der Waals surface area contributed by atoms with Gasteiger partial charge in [0.15, 0.2) is 5.82 Å². The second-order valence-corrected chi connectivity index (χ2v) is 7.47. The van der Waals surface area contributed by atoms with Gasteiger partial charge in [-0.15, -0.1) is 11.8 Å². The summed E-state index contributed by atoms with van der Waals surface area (Å²) in [5, 5.41) is 5.07. The van der Waals surface area contributed by atoms with Crippen molar-refractivity contribution in [2.24, 2.45) is 5.73 Å². The quantitative estimate of drug-likeness (QED) is 0.918. The van der Waals surface area contributed by atoms with E-state index in [1.165, 1.54) is 5.75 Å². The summed E-state index contributed by atoms with van der Waals surface area (Å²) in [5.74, 6) is 4.08. The highest BCUT2D eigenvalue weighted by molar-refractivity contribution is 8.06. The molecule has 0 aliphatic carbocycles. The van der Waals surface area contributed by atoms with E-state index in [1.807, 2.05) is 30.4 Å². The Kier molecular flexibility index (Phi) is 4.98. The van der Waals surface area contributed by atoms with Gasteiger partial charge in [-0.2, -0.15) is 16.7 Å². The van der Waals surface area contributed by atoms with E-state index in [4.69, 9.17) is 10.3 Å². The first-order chi connectivity index (χ1) is 8.63. The van der Waals surface area contributed by atoms with Gasteiger partial charge in [0.2, 0.25) is 5.89 Å². The van der Waals surface area contributed by atoms with E-state index < -0.39 is 0 Å². The third-order valence-electron chi connectivity index (χ3n) is 3.29. The molecule has 2 rings (SSSR count). The maximum Gasteiger partial charge on any atom is 0.231 e. The minimum absolute atomic E-state index is 0.0501. The molecule has 1 aromatic heterocycles. The number of thioether (sulfide) groups is 2. The molecule has 4 nitrogen and oxygen atoms in total. The van der Waals surface area contributed by atoms with Crippen molar-refractivity contribution in [1.82, 2.24) is 10.1 Å². The molecule has 1 fully saturated rings. The Morgan fingerprint density at radius 3 is 2.78 bits per heavy atom. The van der Waals surface area contributed by atoms with E-state index >= 15 is 0 Å². The largest absolute Gasteiger partial charge is 0.339 e. The summed E-state index contributed by atoms with van der Waals surface area (Å²) in [7, 11) is 0. The van der Waals surface area contributed by atoms with Gasteiger partial charge in [-0.25, -0.2) is 0 Å². The Labute approximate surface area is 117 Å². The highest BCUT2D eigenvalue weighted by Crippen LogP contribution is 2.41. The molecule has 0 aromatic carbocycles. The SMILES string of the molecule is CCC(c1nc(C2SCCSC2C)no1)C(C)N. The lowest BCUT2D eigenvalue weighted by Crippen LogP contribution is -2.24. The average molecular weight is 287 g/mol. The van der Waals surface area contributed by atoms with Crippen LogP contribution in [0.5, 0.6) is 0 Å². The van der Waals surface area contributed by atoms with Crippen molar-refractivity contribution in [3.05, 3.63) is 11.7 Å². The van der Waals surface area contributed by atoms with Crippen molar-refractivity contribution in [3.63, 3.8) is 0 Å². The molecule has 18 heavy (non-hydrogen) atoms. The Morgan fingerprint density at radius 1 is 1.44 bits per heavy atom. The van der Waals surface area contributed by atoms with Crippen LogP contribution in [0, 0.1) is 0 Å². The zero-order valence-electron chi connectivity index (χ0n) is 11.1. The maximum absolute atomic E-state index is 5.96. The third kappa shape index (κ3) is 3.03. The summed E-state index contributed by atoms with van der Waals surface area (Å²) in [5.41, 5.74) is 5.96. The number of nitrogens with zero attached hydrogens (tertiary/aromatic N) is 2. The molecule has 0 saturated carbocycles. The maximum atomic E-state index is 5.96. The van der Waals surface area contributed by atoms with Crippen molar-refractivity contribution in [2.45, 2.75) is 49.7 Å². The minimum Gasteiger partial charge on any atom is -0.339 e. The van der Waals surface area contributed by atoms with Crippen molar-refractivity contribution in [3.8, 4) is 0 Å². The molecule has 1 saturated heterocycles. The second-order valence-electron chi connectivity index (χ2n) is 4.73. The molecule has 4 atom stereocenters. The Bertz CT molecular complexity index is 383. The van der Waals surface area contributed by atoms with Crippen LogP contribution in [0.2, 0.25) is 0 Å². The lowest BCUT2D eigenvalue weighted by Gasteiger charge is -2.24. The zero-order chi connectivity index (χ0) is 13.1. The topological polar surface area (TPSA) is 64.9 Å². The van der Waals surface area contributed by atoms with E-state index in [-0.39, 0.29) is 12.0 Å². The van der Waals surface area contributed by atoms with Gasteiger partial charge in [-0.1, -0.05) is 19.0 Å². The molecule has 6 heteroatoms. The standard InChI is InChI=1S/C12H21N3OS2/c1-4-9(7(2)13)12-14-11(15-16-12)10-8(3)17-5-6-18-10/h7-10H,4-6,13H2,1-3H3. The molecule has 2 heterocycles. The molecule has 1 aliphatic heterocycles. The van der Waals surface area contributed by atoms with Gasteiger partial charge >= 0.3 is 0 Å². The number of hydrogen-bond acceptors (Lipinski definition) is 6. The number of rotatable bonds is 4. The van der Waals surface area contributed by atoms with Gasteiger partial charge in [0.1, 0.15) is 0 Å². The van der Waals surface area contributed by atoms with E-state index in [2.05, 4.69) is 24.0 Å². The van der Waals surface area contributed by atoms with Gasteiger partial charge < -0.3 is 10.3 Å². The minimum atomic E-state index is 0.0501. The number of nitrogens with two attached hydrogens (primary N) is 1. The van der Waals surface area contributed by atoms with Crippen LogP contribution in [-0.2, 0) is 0 Å². The van der Waals surface area contributed by atoms with E-state index in [1.54, 1.807) is 0 Å². The van der Waals surface area contributed by atoms with Crippen LogP contribution in [0.25, 0.3) is 0 Å². The van der Waals surface area contributed by atoms with Crippen LogP contribution in [0.15, 0.2) is 4.52 Å². The van der Waals surface area contributed by atoms with Crippen LogP contribution in [-0.4, -0.2) is 32.9 Å². The Hall–Kier alpha value is -0.200. The molecule has 0 radical (unpaired) electrons. The molecular weight excluding hydrogens is 266 g/mol. The summed E-state index contributed by atoms with van der Waals surface area (Å²) >= 11 is 3.91. The predicted octanol–water partition coefficient (Wildman–Crippen LogP) is 2.82. The van der Waals surface area contributed by atoms with Crippen LogP contribution in [0.3, 0.4) is 0 Å². The molecule has 4 unspecified atom stereocenters. The van der Waals surface area contributed by atoms with Crippen molar-refractivity contribution >= 4 is 23.5 Å². The van der Waals surface area contributed by atoms with E-state index in [0.717, 1.165) is 18.0 Å². The van der Waals surface area contributed by atoms with Gasteiger partial charge in [0, 0.05) is 22.8 Å². The molecule has 102 valence electrons. The molecule has 0 amide bonds. The Morgan fingerprint density at radius 2 is 2.17 bits per heavy atom. The van der Waals surface area contributed by atoms with Gasteiger partial charge in [0.25, 0.3) is 0 Å². The number of aromatic nitrogens is 2. The lowest BCUT2D eigenvalue weighted by atomic mass is 9.99. The normalized spacial score (nSPS) is 28.0. The summed E-state index contributed by atoms with van der Waals surface area (Å²) < 4.78 is 5.42. The van der Waals surface area contributed by atoms with Crippen molar-refractivity contribution < 1.29 is 4.52 Å². The monoisotopic (exact) mass is 287 g/mol. The van der Waals surface area contributed by atoms with E-state index in [0.29, 0.717) is 16.4 Å². The molecular formula is C12H21N3OS2. The summed E-state index contributed by atoms with van der Waals surface area (Å²) in [6, 6.07) is 0.0501. The van der Waals surface area contributed by atoms with Gasteiger partial charge in [0.05, 0.1) is 11.2 Å². The second kappa shape index (κ2) is 6.30. The number of hydrogen-bond donors (Lipinski definition) is 1. The summed E-state index contributed by atoms with van der Waals surface area (Å²) in [4.78, 5) is 4.58. The molecule has 1 aromatic rings. The predicted molar refractivity (Wildman–Crippen MR) is 78.1 cm³/mol. The fourth-order valence-electron chi connectivity index (χ4n) is 2.20. The van der Waals surface area contributed by atoms with Crippen LogP contribution < -0.4 is 5.73 Å². The lowest BCUT2D eigenvalue weighted by molar-refractivity contribution is 0.331. The fraction of sp³-hybridized carbons (Fsp3) is 0.833. The highest BCUT2D eigenvalue weighted by Gasteiger charge is 2.30. The first-order valence-electron chi connectivity index (χ1n) is 6.45. The highest BCUT2D eigenvalue weighted by atomic mass is 32.2. The first-order valence-corrected chi connectivity index (χ1v) is 8.55. The molecule has 2 N–H and O–H groups in total. The Balaban J connectivity index is 2.14. The first kappa shape index (κ1) is 14.2. The fourth-order valence-corrected chi connectivity index (χ4v) is 4.88. The zero-order valence-corrected chi connectivity index (χ0v) is 12.8. The van der Waals surface area contributed by atoms with Crippen molar-refractivity contribution in [2.75, 3.05) is 11.5 Å². The molecule has 1 aliphatic rings. The van der Waals surface area contributed by atoms with Gasteiger partial charge in [-0.05, 0) is 13.3 Å². The van der Waals surface area contributed by atoms with Crippen molar-refractivity contribution in [1.29, 1.82) is 0 Å². The van der Waals surface area contributed by atoms with Crippen LogP contribution >= 0.6 is 23.5 Å². The summed E-state index contributed by atoms with van der Waals surface area (Å²) in [6.45, 7) is 6.33. The summed E-state index contributed by atoms with van der Waals surface area (Å²) in [6.07, 6.45) is 0.932. The smallest absolute Gasteiger partial charge is 0.231 e. The third-order valence-corrected chi connectivity index (χ3v) is 6.38. The average Bonchev–Trinajstić information content (AvgIpc) is 2.79. The van der Waals surface area contributed by atoms with Gasteiger partial charge in [-0.3, -0.25) is 0 Å². The van der Waals surface area contributed by atoms with Crippen LogP contribution in [0.1, 0.15) is 50.1 Å². The molecule has 0 spiro atoms. The molecule has 0 bridgehead atoms.